The summed E-state index contributed by atoms with van der Waals surface area (Å²) in [6.07, 6.45) is 0. The maximum Gasteiger partial charge on any atom is 0.294 e. The third-order valence-electron chi connectivity index (χ3n) is 2.33. The molecule has 0 spiro atoms. The van der Waals surface area contributed by atoms with Gasteiger partial charge in [-0.1, -0.05) is 0 Å². The second-order valence-corrected chi connectivity index (χ2v) is 5.35. The molecule has 1 rings (SSSR count). The summed E-state index contributed by atoms with van der Waals surface area (Å²) in [4.78, 5) is 20.7. The summed E-state index contributed by atoms with van der Waals surface area (Å²) in [5, 5.41) is 13.0. The summed E-state index contributed by atoms with van der Waals surface area (Å²) in [5.74, 6) is 4.55. The Morgan fingerprint density at radius 3 is 2.60 bits per heavy atom. The summed E-state index contributed by atoms with van der Waals surface area (Å²) >= 11 is 0. The summed E-state index contributed by atoms with van der Waals surface area (Å²) in [5.41, 5.74) is 1.58. The Morgan fingerprint density at radius 2 is 2.10 bits per heavy atom. The first-order chi connectivity index (χ1) is 9.31. The van der Waals surface area contributed by atoms with Crippen LogP contribution < -0.4 is 21.3 Å². The predicted octanol–water partition coefficient (Wildman–Crippen LogP) is -1.10. The maximum absolute atomic E-state index is 11.9. The number of sulfonamides is 1. The van der Waals surface area contributed by atoms with Gasteiger partial charge in [0.15, 0.2) is 0 Å². The standard InChI is InChI=1S/C9H13N5O5S/c1-11-9(15)5-12-20(18,19)6-2-3-7(13-10)8(4-6)14(16)17/h2-4,12-13H,5,10H2,1H3,(H,11,15). The van der Waals surface area contributed by atoms with Crippen LogP contribution >= 0.6 is 0 Å². The van der Waals surface area contributed by atoms with Gasteiger partial charge in [0.25, 0.3) is 5.69 Å². The number of amides is 1. The molecule has 5 N–H and O–H groups in total. The van der Waals surface area contributed by atoms with Crippen LogP contribution in [0, 0.1) is 10.1 Å². The molecule has 20 heavy (non-hydrogen) atoms. The van der Waals surface area contributed by atoms with E-state index in [-0.39, 0.29) is 10.6 Å². The van der Waals surface area contributed by atoms with Gasteiger partial charge in [0.05, 0.1) is 16.4 Å². The third-order valence-corrected chi connectivity index (χ3v) is 3.73. The van der Waals surface area contributed by atoms with Crippen molar-refractivity contribution in [1.82, 2.24) is 10.0 Å². The summed E-state index contributed by atoms with van der Waals surface area (Å²) in [6, 6.07) is 3.14. The number of hydrogen-bond donors (Lipinski definition) is 4. The zero-order valence-electron chi connectivity index (χ0n) is 10.4. The zero-order valence-corrected chi connectivity index (χ0v) is 11.2. The highest BCUT2D eigenvalue weighted by Gasteiger charge is 2.21. The summed E-state index contributed by atoms with van der Waals surface area (Å²) in [6.45, 7) is -0.469. The van der Waals surface area contributed by atoms with Crippen LogP contribution in [0.5, 0.6) is 0 Å². The Bertz CT molecular complexity index is 630. The van der Waals surface area contributed by atoms with Crippen LogP contribution in [0.2, 0.25) is 0 Å². The second-order valence-electron chi connectivity index (χ2n) is 3.58. The van der Waals surface area contributed by atoms with E-state index in [1.807, 2.05) is 4.72 Å². The molecule has 11 heteroatoms. The molecule has 0 aliphatic heterocycles. The first-order valence-electron chi connectivity index (χ1n) is 5.27. The molecule has 1 aromatic rings. The minimum atomic E-state index is -4.03. The molecule has 0 fully saturated rings. The Labute approximate surface area is 114 Å². The molecule has 0 aromatic heterocycles. The van der Waals surface area contributed by atoms with Gasteiger partial charge in [-0.15, -0.1) is 0 Å². The van der Waals surface area contributed by atoms with Crippen LogP contribution in [0.1, 0.15) is 0 Å². The van der Waals surface area contributed by atoms with Gasteiger partial charge in [0.2, 0.25) is 15.9 Å². The molecule has 0 aliphatic rings. The van der Waals surface area contributed by atoms with E-state index in [4.69, 9.17) is 5.84 Å². The van der Waals surface area contributed by atoms with E-state index in [0.717, 1.165) is 18.2 Å². The molecular formula is C9H13N5O5S. The molecule has 1 aromatic carbocycles. The lowest BCUT2D eigenvalue weighted by atomic mass is 10.3. The lowest BCUT2D eigenvalue weighted by Crippen LogP contribution is -2.35. The van der Waals surface area contributed by atoms with E-state index in [9.17, 15) is 23.3 Å². The lowest BCUT2D eigenvalue weighted by Gasteiger charge is -2.07. The van der Waals surface area contributed by atoms with Gasteiger partial charge in [-0.25, -0.2) is 13.1 Å². The Hall–Kier alpha value is -2.24. The van der Waals surface area contributed by atoms with Crippen LogP contribution in [0.3, 0.4) is 0 Å². The average Bonchev–Trinajstić information content (AvgIpc) is 2.43. The Balaban J connectivity index is 3.10. The molecule has 0 bridgehead atoms. The molecule has 0 atom stereocenters. The first-order valence-corrected chi connectivity index (χ1v) is 6.75. The van der Waals surface area contributed by atoms with Crippen molar-refractivity contribution < 1.29 is 18.1 Å². The SMILES string of the molecule is CNC(=O)CNS(=O)(=O)c1ccc(NN)c([N+](=O)[O-])c1. The smallest absolute Gasteiger partial charge is 0.294 e. The highest BCUT2D eigenvalue weighted by atomic mass is 32.2. The van der Waals surface area contributed by atoms with Crippen LogP contribution in [-0.2, 0) is 14.8 Å². The fourth-order valence-corrected chi connectivity index (χ4v) is 2.29. The van der Waals surface area contributed by atoms with Gasteiger partial charge in [-0.3, -0.25) is 20.8 Å². The predicted molar refractivity (Wildman–Crippen MR) is 70.2 cm³/mol. The van der Waals surface area contributed by atoms with Crippen molar-refractivity contribution >= 4 is 27.3 Å². The number of nitrogens with zero attached hydrogens (tertiary/aromatic N) is 1. The van der Waals surface area contributed by atoms with Crippen molar-refractivity contribution in [2.45, 2.75) is 4.90 Å². The lowest BCUT2D eigenvalue weighted by molar-refractivity contribution is -0.384. The minimum Gasteiger partial charge on any atom is -0.358 e. The van der Waals surface area contributed by atoms with E-state index in [0.29, 0.717) is 0 Å². The van der Waals surface area contributed by atoms with Crippen molar-refractivity contribution in [3.05, 3.63) is 28.3 Å². The largest absolute Gasteiger partial charge is 0.358 e. The number of hydrogen-bond acceptors (Lipinski definition) is 7. The number of benzene rings is 1. The van der Waals surface area contributed by atoms with Crippen LogP contribution in [0.15, 0.2) is 23.1 Å². The number of rotatable bonds is 6. The number of anilines is 1. The molecule has 1 amide bonds. The van der Waals surface area contributed by atoms with E-state index in [1.165, 1.54) is 7.05 Å². The van der Waals surface area contributed by atoms with Crippen LogP contribution in [0.25, 0.3) is 0 Å². The van der Waals surface area contributed by atoms with E-state index >= 15 is 0 Å². The number of nitro benzene ring substituents is 1. The second kappa shape index (κ2) is 6.27. The Morgan fingerprint density at radius 1 is 1.45 bits per heavy atom. The number of nitrogen functional groups attached to an aromatic ring is 1. The topological polar surface area (TPSA) is 156 Å². The molecule has 0 heterocycles. The van der Waals surface area contributed by atoms with Gasteiger partial charge in [0, 0.05) is 13.1 Å². The van der Waals surface area contributed by atoms with Crippen LogP contribution in [0.4, 0.5) is 11.4 Å². The number of carbonyl (C=O) groups is 1. The highest BCUT2D eigenvalue weighted by Crippen LogP contribution is 2.26. The Kier molecular flexibility index (Phi) is 4.96. The molecular weight excluding hydrogens is 290 g/mol. The van der Waals surface area contributed by atoms with Crippen molar-refractivity contribution in [2.75, 3.05) is 19.0 Å². The fourth-order valence-electron chi connectivity index (χ4n) is 1.28. The molecule has 10 nitrogen and oxygen atoms in total. The third kappa shape index (κ3) is 3.63. The van der Waals surface area contributed by atoms with E-state index in [2.05, 4.69) is 10.7 Å². The number of nitrogens with two attached hydrogens (primary N) is 1. The summed E-state index contributed by atoms with van der Waals surface area (Å²) in [7, 11) is -2.68. The number of nitrogens with one attached hydrogen (secondary N) is 3. The quantitative estimate of drug-likeness (QED) is 0.295. The average molecular weight is 303 g/mol. The molecule has 0 unspecified atom stereocenters. The maximum atomic E-state index is 11.9. The van der Waals surface area contributed by atoms with E-state index < -0.39 is 33.1 Å². The fraction of sp³-hybridized carbons (Fsp3) is 0.222. The van der Waals surface area contributed by atoms with Crippen LogP contribution in [-0.4, -0.2) is 32.8 Å². The van der Waals surface area contributed by atoms with Crippen molar-refractivity contribution in [3.8, 4) is 0 Å². The van der Waals surface area contributed by atoms with Crippen molar-refractivity contribution in [1.29, 1.82) is 0 Å². The van der Waals surface area contributed by atoms with Gasteiger partial charge in [-0.2, -0.15) is 0 Å². The van der Waals surface area contributed by atoms with Crippen molar-refractivity contribution in [2.24, 2.45) is 5.84 Å². The number of nitro groups is 1. The van der Waals surface area contributed by atoms with Gasteiger partial charge < -0.3 is 10.7 Å². The molecule has 0 radical (unpaired) electrons. The van der Waals surface area contributed by atoms with Gasteiger partial charge in [-0.05, 0) is 12.1 Å². The van der Waals surface area contributed by atoms with Gasteiger partial charge >= 0.3 is 0 Å². The van der Waals surface area contributed by atoms with Crippen molar-refractivity contribution in [3.63, 3.8) is 0 Å². The monoisotopic (exact) mass is 303 g/mol. The normalized spacial score (nSPS) is 10.9. The molecule has 0 saturated carbocycles. The number of likely N-dealkylation sites (N-methyl/N-ethyl adjacent to an activating group) is 1. The first kappa shape index (κ1) is 15.8. The molecule has 0 aliphatic carbocycles. The number of hydrazine groups is 1. The molecule has 0 saturated heterocycles. The van der Waals surface area contributed by atoms with E-state index in [1.54, 1.807) is 0 Å². The van der Waals surface area contributed by atoms with Gasteiger partial charge in [0.1, 0.15) is 5.69 Å². The zero-order chi connectivity index (χ0) is 15.3. The summed E-state index contributed by atoms with van der Waals surface area (Å²) < 4.78 is 25.7. The number of carbonyl (C=O) groups excluding carboxylic acids is 1. The minimum absolute atomic E-state index is 0.0275. The highest BCUT2D eigenvalue weighted by molar-refractivity contribution is 7.89. The molecule has 110 valence electrons.